The van der Waals surface area contributed by atoms with Crippen LogP contribution in [0.25, 0.3) is 17.2 Å². The summed E-state index contributed by atoms with van der Waals surface area (Å²) >= 11 is 0. The van der Waals surface area contributed by atoms with E-state index in [4.69, 9.17) is 14.2 Å². The van der Waals surface area contributed by atoms with E-state index < -0.39 is 0 Å². The van der Waals surface area contributed by atoms with E-state index in [2.05, 4.69) is 18.2 Å². The maximum Gasteiger partial charge on any atom is 0.203 e. The number of ether oxygens (including phenoxy) is 3. The monoisotopic (exact) mass is 386 g/mol. The van der Waals surface area contributed by atoms with Crippen LogP contribution in [0.15, 0.2) is 60.7 Å². The average molecular weight is 386 g/mol. The summed E-state index contributed by atoms with van der Waals surface area (Å²) in [6.45, 7) is 0. The number of benzene rings is 3. The van der Waals surface area contributed by atoms with Gasteiger partial charge < -0.3 is 14.2 Å². The van der Waals surface area contributed by atoms with Crippen LogP contribution in [-0.2, 0) is 6.42 Å². The zero-order chi connectivity index (χ0) is 20.4. The smallest absolute Gasteiger partial charge is 0.203 e. The molecule has 0 atom stereocenters. The lowest BCUT2D eigenvalue weighted by Crippen LogP contribution is -1.97. The number of hydrogen-bond acceptors (Lipinski definition) is 4. The van der Waals surface area contributed by atoms with Crippen molar-refractivity contribution in [1.29, 1.82) is 0 Å². The summed E-state index contributed by atoms with van der Waals surface area (Å²) in [6.07, 6.45) is 4.20. The number of fused-ring (bicyclic) bond motifs is 3. The highest BCUT2D eigenvalue weighted by molar-refractivity contribution is 6.07. The lowest BCUT2D eigenvalue weighted by molar-refractivity contribution is 0.104. The SMILES string of the molecule is COc1cc(/C=C/C(=O)c2ccc3c(c2)Cc2ccccc2-3)cc(OC)c1OC. The highest BCUT2D eigenvalue weighted by atomic mass is 16.5. The molecule has 0 bridgehead atoms. The molecule has 0 N–H and O–H groups in total. The first-order valence-electron chi connectivity index (χ1n) is 9.38. The third kappa shape index (κ3) is 3.49. The lowest BCUT2D eigenvalue weighted by Gasteiger charge is -2.12. The number of hydrogen-bond donors (Lipinski definition) is 0. The second kappa shape index (κ2) is 7.84. The second-order valence-electron chi connectivity index (χ2n) is 6.86. The van der Waals surface area contributed by atoms with Crippen LogP contribution in [0.2, 0.25) is 0 Å². The fourth-order valence-corrected chi connectivity index (χ4v) is 3.76. The molecule has 1 aliphatic rings. The molecular weight excluding hydrogens is 364 g/mol. The van der Waals surface area contributed by atoms with Crippen LogP contribution in [0.5, 0.6) is 17.2 Å². The molecule has 0 saturated heterocycles. The Balaban J connectivity index is 1.59. The molecule has 146 valence electrons. The molecule has 0 heterocycles. The predicted molar refractivity (Wildman–Crippen MR) is 114 cm³/mol. The highest BCUT2D eigenvalue weighted by Gasteiger charge is 2.19. The van der Waals surface area contributed by atoms with Crippen molar-refractivity contribution >= 4 is 11.9 Å². The number of ketones is 1. The molecular formula is C25H22O4. The van der Waals surface area contributed by atoms with E-state index in [-0.39, 0.29) is 5.78 Å². The summed E-state index contributed by atoms with van der Waals surface area (Å²) < 4.78 is 16.1. The van der Waals surface area contributed by atoms with Gasteiger partial charge in [-0.05, 0) is 58.5 Å². The van der Waals surface area contributed by atoms with Crippen LogP contribution in [0.4, 0.5) is 0 Å². The first-order valence-corrected chi connectivity index (χ1v) is 9.38. The summed E-state index contributed by atoms with van der Waals surface area (Å²) in [5.41, 5.74) is 6.44. The molecule has 4 nitrogen and oxygen atoms in total. The normalized spacial score (nSPS) is 11.8. The number of methoxy groups -OCH3 is 3. The Kier molecular flexibility index (Phi) is 5.09. The van der Waals surface area contributed by atoms with Crippen LogP contribution in [0.3, 0.4) is 0 Å². The Bertz CT molecular complexity index is 1090. The molecule has 0 unspecified atom stereocenters. The summed E-state index contributed by atoms with van der Waals surface area (Å²) in [6, 6.07) is 17.9. The van der Waals surface area contributed by atoms with Crippen LogP contribution < -0.4 is 14.2 Å². The standard InChI is InChI=1S/C25H22O4/c1-27-23-12-16(13-24(28-2)25(23)29-3)8-11-22(26)18-9-10-21-19(15-18)14-17-6-4-5-7-20(17)21/h4-13,15H,14H2,1-3H3/b11-8+. The van der Waals surface area contributed by atoms with Gasteiger partial charge in [0, 0.05) is 5.56 Å². The largest absolute Gasteiger partial charge is 0.493 e. The van der Waals surface area contributed by atoms with Gasteiger partial charge in [-0.25, -0.2) is 0 Å². The summed E-state index contributed by atoms with van der Waals surface area (Å²) in [4.78, 5) is 12.7. The van der Waals surface area contributed by atoms with E-state index in [0.717, 1.165) is 12.0 Å². The fraction of sp³-hybridized carbons (Fsp3) is 0.160. The van der Waals surface area contributed by atoms with Gasteiger partial charge >= 0.3 is 0 Å². The summed E-state index contributed by atoms with van der Waals surface area (Å²) in [5, 5.41) is 0. The molecule has 0 aromatic heterocycles. The molecule has 3 aromatic carbocycles. The van der Waals surface area contributed by atoms with Crippen molar-refractivity contribution in [2.75, 3.05) is 21.3 Å². The van der Waals surface area contributed by atoms with Crippen LogP contribution in [0.1, 0.15) is 27.0 Å². The van der Waals surface area contributed by atoms with Gasteiger partial charge in [0.2, 0.25) is 5.75 Å². The molecule has 0 radical (unpaired) electrons. The van der Waals surface area contributed by atoms with Crippen LogP contribution in [-0.4, -0.2) is 27.1 Å². The van der Waals surface area contributed by atoms with Gasteiger partial charge in [-0.15, -0.1) is 0 Å². The molecule has 3 aromatic rings. The number of rotatable bonds is 6. The van der Waals surface area contributed by atoms with Crippen LogP contribution >= 0.6 is 0 Å². The Morgan fingerprint density at radius 3 is 2.21 bits per heavy atom. The average Bonchev–Trinajstić information content (AvgIpc) is 3.14. The topological polar surface area (TPSA) is 44.8 Å². The van der Waals surface area contributed by atoms with Gasteiger partial charge in [-0.3, -0.25) is 4.79 Å². The van der Waals surface area contributed by atoms with E-state index in [1.807, 2.05) is 36.4 Å². The van der Waals surface area contributed by atoms with Gasteiger partial charge in [0.15, 0.2) is 17.3 Å². The Morgan fingerprint density at radius 1 is 0.828 bits per heavy atom. The minimum absolute atomic E-state index is 0.0440. The third-order valence-electron chi connectivity index (χ3n) is 5.19. The third-order valence-corrected chi connectivity index (χ3v) is 5.19. The van der Waals surface area contributed by atoms with E-state index in [1.165, 1.54) is 22.3 Å². The zero-order valence-electron chi connectivity index (χ0n) is 16.7. The van der Waals surface area contributed by atoms with Crippen molar-refractivity contribution in [2.24, 2.45) is 0 Å². The van der Waals surface area contributed by atoms with Crippen molar-refractivity contribution < 1.29 is 19.0 Å². The lowest BCUT2D eigenvalue weighted by atomic mass is 10.0. The summed E-state index contributed by atoms with van der Waals surface area (Å²) in [5.74, 6) is 1.58. The Hall–Kier alpha value is -3.53. The quantitative estimate of drug-likeness (QED) is 0.338. The van der Waals surface area contributed by atoms with Gasteiger partial charge in [-0.2, -0.15) is 0 Å². The summed E-state index contributed by atoms with van der Waals surface area (Å²) in [7, 11) is 4.70. The minimum atomic E-state index is -0.0440. The highest BCUT2D eigenvalue weighted by Crippen LogP contribution is 2.39. The van der Waals surface area contributed by atoms with Crippen molar-refractivity contribution in [3.05, 3.63) is 82.9 Å². The maximum absolute atomic E-state index is 12.7. The minimum Gasteiger partial charge on any atom is -0.493 e. The van der Waals surface area contributed by atoms with Gasteiger partial charge in [0.05, 0.1) is 21.3 Å². The molecule has 4 heteroatoms. The molecule has 0 amide bonds. The van der Waals surface area contributed by atoms with Gasteiger partial charge in [-0.1, -0.05) is 42.5 Å². The molecule has 4 rings (SSSR count). The Morgan fingerprint density at radius 2 is 1.52 bits per heavy atom. The van der Waals surface area contributed by atoms with Crippen molar-refractivity contribution in [1.82, 2.24) is 0 Å². The molecule has 0 saturated carbocycles. The van der Waals surface area contributed by atoms with E-state index in [9.17, 15) is 4.79 Å². The molecule has 0 spiro atoms. The first kappa shape index (κ1) is 18.8. The molecule has 29 heavy (non-hydrogen) atoms. The fourth-order valence-electron chi connectivity index (χ4n) is 3.76. The molecule has 0 aliphatic heterocycles. The van der Waals surface area contributed by atoms with Gasteiger partial charge in [0.1, 0.15) is 0 Å². The number of carbonyl (C=O) groups excluding carboxylic acids is 1. The Labute approximate surface area is 170 Å². The predicted octanol–water partition coefficient (Wildman–Crippen LogP) is 5.18. The van der Waals surface area contributed by atoms with Crippen LogP contribution in [0, 0.1) is 0 Å². The van der Waals surface area contributed by atoms with Crippen molar-refractivity contribution in [2.45, 2.75) is 6.42 Å². The van der Waals surface area contributed by atoms with E-state index in [0.29, 0.717) is 22.8 Å². The van der Waals surface area contributed by atoms with E-state index >= 15 is 0 Å². The maximum atomic E-state index is 12.7. The number of allylic oxidation sites excluding steroid dienone is 1. The van der Waals surface area contributed by atoms with E-state index in [1.54, 1.807) is 33.5 Å². The molecule has 0 fully saturated rings. The number of carbonyl (C=O) groups is 1. The van der Waals surface area contributed by atoms with Gasteiger partial charge in [0.25, 0.3) is 0 Å². The van der Waals surface area contributed by atoms with Crippen molar-refractivity contribution in [3.8, 4) is 28.4 Å². The first-order chi connectivity index (χ1) is 14.1. The molecule has 1 aliphatic carbocycles. The van der Waals surface area contributed by atoms with Crippen molar-refractivity contribution in [3.63, 3.8) is 0 Å². The second-order valence-corrected chi connectivity index (χ2v) is 6.86. The zero-order valence-corrected chi connectivity index (χ0v) is 16.7.